The van der Waals surface area contributed by atoms with E-state index in [2.05, 4.69) is 22.4 Å². The number of amides is 1. The van der Waals surface area contributed by atoms with E-state index in [1.807, 2.05) is 31.2 Å². The van der Waals surface area contributed by atoms with Crippen molar-refractivity contribution < 1.29 is 14.4 Å². The average Bonchev–Trinajstić information content (AvgIpc) is 2.73. The molecular formula is C21H25N4O2+. The van der Waals surface area contributed by atoms with Crippen LogP contribution < -0.4 is 19.9 Å². The monoisotopic (exact) mass is 365 g/mol. The zero-order valence-corrected chi connectivity index (χ0v) is 15.7. The smallest absolute Gasteiger partial charge is 0.282 e. The summed E-state index contributed by atoms with van der Waals surface area (Å²) >= 11 is 0. The Kier molecular flexibility index (Phi) is 5.94. The molecule has 1 aliphatic rings. The molecule has 6 nitrogen and oxygen atoms in total. The predicted octanol–water partition coefficient (Wildman–Crippen LogP) is 1.30. The number of nitrogens with one attached hydrogen (secondary N) is 2. The fourth-order valence-corrected chi connectivity index (χ4v) is 3.41. The van der Waals surface area contributed by atoms with Crippen molar-refractivity contribution in [1.29, 1.82) is 5.26 Å². The van der Waals surface area contributed by atoms with Crippen LogP contribution >= 0.6 is 0 Å². The summed E-state index contributed by atoms with van der Waals surface area (Å²) in [6.45, 7) is 5.47. The minimum atomic E-state index is -0.177. The van der Waals surface area contributed by atoms with Crippen molar-refractivity contribution in [2.75, 3.05) is 43.5 Å². The number of hydrogen-bond donors (Lipinski definition) is 2. The van der Waals surface area contributed by atoms with Gasteiger partial charge in [-0.25, -0.2) is 0 Å². The molecular weight excluding hydrogens is 340 g/mol. The second-order valence-corrected chi connectivity index (χ2v) is 6.72. The maximum atomic E-state index is 12.6. The van der Waals surface area contributed by atoms with Gasteiger partial charge in [-0.05, 0) is 31.2 Å². The van der Waals surface area contributed by atoms with Crippen LogP contribution in [0.4, 0.5) is 11.4 Å². The zero-order chi connectivity index (χ0) is 19.2. The molecule has 0 aliphatic carbocycles. The molecule has 0 bridgehead atoms. The number of nitriles is 1. The van der Waals surface area contributed by atoms with Gasteiger partial charge in [-0.3, -0.25) is 4.79 Å². The first-order valence-corrected chi connectivity index (χ1v) is 9.16. The van der Waals surface area contributed by atoms with Crippen molar-refractivity contribution in [3.05, 3.63) is 54.1 Å². The lowest BCUT2D eigenvalue weighted by Gasteiger charge is -2.36. The van der Waals surface area contributed by atoms with E-state index in [0.717, 1.165) is 37.6 Å². The SMILES string of the molecule is COc1cccc(N2CC[NH+]([C@H](C)C(=O)Nc3ccccc3C#N)CC2)c1. The highest BCUT2D eigenvalue weighted by Gasteiger charge is 2.29. The molecule has 0 radical (unpaired) electrons. The number of anilines is 2. The zero-order valence-electron chi connectivity index (χ0n) is 15.7. The second-order valence-electron chi connectivity index (χ2n) is 6.72. The van der Waals surface area contributed by atoms with Crippen molar-refractivity contribution in [1.82, 2.24) is 0 Å². The summed E-state index contributed by atoms with van der Waals surface area (Å²) in [7, 11) is 1.67. The van der Waals surface area contributed by atoms with E-state index in [-0.39, 0.29) is 11.9 Å². The Labute approximate surface area is 160 Å². The standard InChI is InChI=1S/C21H24N4O2/c1-16(21(26)23-20-9-4-3-6-17(20)15-22)24-10-12-25(13-11-24)18-7-5-8-19(14-18)27-2/h3-9,14,16H,10-13H2,1-2H3,(H,23,26)/p+1/t16-/m1/s1. The summed E-state index contributed by atoms with van der Waals surface area (Å²) in [6, 6.07) is 17.1. The Hall–Kier alpha value is -3.04. The van der Waals surface area contributed by atoms with Gasteiger partial charge in [0.2, 0.25) is 0 Å². The van der Waals surface area contributed by atoms with Crippen LogP contribution in [0.15, 0.2) is 48.5 Å². The summed E-state index contributed by atoms with van der Waals surface area (Å²) in [5.41, 5.74) is 2.20. The molecule has 0 unspecified atom stereocenters. The molecule has 27 heavy (non-hydrogen) atoms. The third-order valence-electron chi connectivity index (χ3n) is 5.14. The number of para-hydroxylation sites is 1. The van der Waals surface area contributed by atoms with Gasteiger partial charge in [0.1, 0.15) is 11.8 Å². The lowest BCUT2D eigenvalue weighted by atomic mass is 10.1. The summed E-state index contributed by atoms with van der Waals surface area (Å²) in [5, 5.41) is 12.1. The Morgan fingerprint density at radius 3 is 2.67 bits per heavy atom. The number of piperazine rings is 1. The fourth-order valence-electron chi connectivity index (χ4n) is 3.41. The van der Waals surface area contributed by atoms with Crippen LogP contribution in [0.2, 0.25) is 0 Å². The minimum Gasteiger partial charge on any atom is -0.497 e. The van der Waals surface area contributed by atoms with Gasteiger partial charge in [-0.15, -0.1) is 0 Å². The summed E-state index contributed by atoms with van der Waals surface area (Å²) in [5.74, 6) is 0.800. The molecule has 1 fully saturated rings. The summed E-state index contributed by atoms with van der Waals surface area (Å²) in [6.07, 6.45) is 0. The molecule has 0 aromatic heterocycles. The van der Waals surface area contributed by atoms with E-state index in [9.17, 15) is 10.1 Å². The van der Waals surface area contributed by atoms with Crippen LogP contribution in [0.3, 0.4) is 0 Å². The maximum absolute atomic E-state index is 12.6. The number of carbonyl (C=O) groups is 1. The van der Waals surface area contributed by atoms with E-state index in [1.165, 1.54) is 4.90 Å². The Balaban J connectivity index is 1.58. The maximum Gasteiger partial charge on any atom is 0.282 e. The number of methoxy groups -OCH3 is 1. The largest absolute Gasteiger partial charge is 0.497 e. The van der Waals surface area contributed by atoms with Gasteiger partial charge in [-0.2, -0.15) is 5.26 Å². The number of nitrogens with zero attached hydrogens (tertiary/aromatic N) is 2. The van der Waals surface area contributed by atoms with E-state index in [4.69, 9.17) is 4.74 Å². The van der Waals surface area contributed by atoms with E-state index in [1.54, 1.807) is 25.3 Å². The number of carbonyl (C=O) groups excluding carboxylic acids is 1. The van der Waals surface area contributed by atoms with Crippen molar-refractivity contribution in [2.24, 2.45) is 0 Å². The average molecular weight is 365 g/mol. The van der Waals surface area contributed by atoms with Crippen molar-refractivity contribution in [3.8, 4) is 11.8 Å². The minimum absolute atomic E-state index is 0.0532. The first-order chi connectivity index (χ1) is 13.1. The van der Waals surface area contributed by atoms with Crippen LogP contribution in [-0.4, -0.2) is 45.2 Å². The Morgan fingerprint density at radius 1 is 1.22 bits per heavy atom. The third-order valence-corrected chi connectivity index (χ3v) is 5.14. The number of benzene rings is 2. The Bertz CT molecular complexity index is 838. The first kappa shape index (κ1) is 18.7. The number of ether oxygens (including phenoxy) is 1. The van der Waals surface area contributed by atoms with Gasteiger partial charge in [0.15, 0.2) is 6.04 Å². The highest BCUT2D eigenvalue weighted by atomic mass is 16.5. The van der Waals surface area contributed by atoms with Crippen LogP contribution in [0.5, 0.6) is 5.75 Å². The van der Waals surface area contributed by atoms with Crippen molar-refractivity contribution >= 4 is 17.3 Å². The van der Waals surface area contributed by atoms with E-state index in [0.29, 0.717) is 11.3 Å². The molecule has 2 N–H and O–H groups in total. The van der Waals surface area contributed by atoms with Crippen LogP contribution in [0.1, 0.15) is 12.5 Å². The van der Waals surface area contributed by atoms with E-state index >= 15 is 0 Å². The lowest BCUT2D eigenvalue weighted by molar-refractivity contribution is -0.914. The van der Waals surface area contributed by atoms with Gasteiger partial charge in [0.25, 0.3) is 5.91 Å². The molecule has 0 spiro atoms. The normalized spacial score (nSPS) is 15.7. The first-order valence-electron chi connectivity index (χ1n) is 9.16. The second kappa shape index (κ2) is 8.56. The molecule has 2 aromatic rings. The molecule has 140 valence electrons. The van der Waals surface area contributed by atoms with Gasteiger partial charge in [0, 0.05) is 11.8 Å². The fraction of sp³-hybridized carbons (Fsp3) is 0.333. The highest BCUT2D eigenvalue weighted by Crippen LogP contribution is 2.20. The van der Waals surface area contributed by atoms with Crippen LogP contribution in [0.25, 0.3) is 0 Å². The van der Waals surface area contributed by atoms with Gasteiger partial charge in [-0.1, -0.05) is 18.2 Å². The summed E-state index contributed by atoms with van der Waals surface area (Å²) < 4.78 is 5.30. The quantitative estimate of drug-likeness (QED) is 0.838. The molecule has 1 amide bonds. The van der Waals surface area contributed by atoms with Crippen LogP contribution in [0, 0.1) is 11.3 Å². The molecule has 2 aromatic carbocycles. The van der Waals surface area contributed by atoms with Crippen LogP contribution in [-0.2, 0) is 4.79 Å². The molecule has 0 saturated carbocycles. The molecule has 1 saturated heterocycles. The highest BCUT2D eigenvalue weighted by molar-refractivity contribution is 5.94. The van der Waals surface area contributed by atoms with Gasteiger partial charge < -0.3 is 19.9 Å². The summed E-state index contributed by atoms with van der Waals surface area (Å²) in [4.78, 5) is 16.2. The molecule has 3 rings (SSSR count). The number of rotatable bonds is 5. The molecule has 1 atom stereocenters. The van der Waals surface area contributed by atoms with Gasteiger partial charge in [0.05, 0.1) is 44.5 Å². The predicted molar refractivity (Wildman–Crippen MR) is 105 cm³/mol. The van der Waals surface area contributed by atoms with Gasteiger partial charge >= 0.3 is 0 Å². The lowest BCUT2D eigenvalue weighted by Crippen LogP contribution is -3.19. The molecule has 1 heterocycles. The van der Waals surface area contributed by atoms with Crippen molar-refractivity contribution in [2.45, 2.75) is 13.0 Å². The third kappa shape index (κ3) is 4.39. The van der Waals surface area contributed by atoms with Crippen molar-refractivity contribution in [3.63, 3.8) is 0 Å². The van der Waals surface area contributed by atoms with E-state index < -0.39 is 0 Å². The molecule has 6 heteroatoms. The Morgan fingerprint density at radius 2 is 1.96 bits per heavy atom. The topological polar surface area (TPSA) is 69.8 Å². The number of hydrogen-bond acceptors (Lipinski definition) is 4. The molecule has 1 aliphatic heterocycles. The number of quaternary nitrogens is 1.